The fourth-order valence-electron chi connectivity index (χ4n) is 2.95. The van der Waals surface area contributed by atoms with E-state index in [1.165, 1.54) is 0 Å². The number of aromatic nitrogens is 1. The largest absolute Gasteiger partial charge is 0.379 e. The number of amides is 2. The number of urea groups is 1. The van der Waals surface area contributed by atoms with Gasteiger partial charge < -0.3 is 19.9 Å². The van der Waals surface area contributed by atoms with Crippen LogP contribution in [0.1, 0.15) is 5.01 Å². The van der Waals surface area contributed by atoms with E-state index in [1.807, 2.05) is 37.2 Å². The zero-order valence-corrected chi connectivity index (χ0v) is 15.0. The van der Waals surface area contributed by atoms with Crippen molar-refractivity contribution in [3.63, 3.8) is 0 Å². The van der Waals surface area contributed by atoms with Gasteiger partial charge >= 0.3 is 6.03 Å². The molecule has 1 aromatic heterocycles. The Balaban J connectivity index is 1.56. The number of hydrogen-bond donors (Lipinski definition) is 1. The number of ether oxygens (including phenoxy) is 1. The van der Waals surface area contributed by atoms with Gasteiger partial charge in [0.25, 0.3) is 0 Å². The second-order valence-corrected chi connectivity index (χ2v) is 7.50. The van der Waals surface area contributed by atoms with Crippen molar-refractivity contribution in [1.29, 1.82) is 0 Å². The zero-order valence-electron chi connectivity index (χ0n) is 14.2. The quantitative estimate of drug-likeness (QED) is 0.918. The molecule has 1 aliphatic heterocycles. The third-order valence-electron chi connectivity index (χ3n) is 3.98. The van der Waals surface area contributed by atoms with Crippen molar-refractivity contribution in [2.75, 3.05) is 46.9 Å². The first-order valence-corrected chi connectivity index (χ1v) is 9.03. The molecule has 2 aromatic rings. The van der Waals surface area contributed by atoms with Crippen LogP contribution in [0.15, 0.2) is 24.3 Å². The topological polar surface area (TPSA) is 57.7 Å². The van der Waals surface area contributed by atoms with Crippen LogP contribution in [-0.4, -0.2) is 67.8 Å². The molecule has 0 bridgehead atoms. The predicted octanol–water partition coefficient (Wildman–Crippen LogP) is 2.02. The summed E-state index contributed by atoms with van der Waals surface area (Å²) in [6.45, 7) is 4.05. The maximum absolute atomic E-state index is 12.5. The lowest BCUT2D eigenvalue weighted by Crippen LogP contribution is -2.44. The van der Waals surface area contributed by atoms with Crippen LogP contribution in [0, 0.1) is 5.92 Å². The van der Waals surface area contributed by atoms with Gasteiger partial charge in [0.1, 0.15) is 5.01 Å². The van der Waals surface area contributed by atoms with E-state index in [2.05, 4.69) is 21.3 Å². The fourth-order valence-corrected chi connectivity index (χ4v) is 3.86. The molecule has 0 spiro atoms. The molecule has 6 nitrogen and oxygen atoms in total. The summed E-state index contributed by atoms with van der Waals surface area (Å²) in [6.07, 6.45) is 0. The molecule has 0 saturated carbocycles. The summed E-state index contributed by atoms with van der Waals surface area (Å²) in [5, 5.41) is 3.93. The number of hydrogen-bond acceptors (Lipinski definition) is 5. The molecule has 1 saturated heterocycles. The zero-order chi connectivity index (χ0) is 16.9. The van der Waals surface area contributed by atoms with E-state index in [9.17, 15) is 4.79 Å². The predicted molar refractivity (Wildman–Crippen MR) is 96.3 cm³/mol. The number of nitrogens with one attached hydrogen (secondary N) is 1. The molecule has 1 atom stereocenters. The highest BCUT2D eigenvalue weighted by Crippen LogP contribution is 2.21. The van der Waals surface area contributed by atoms with Gasteiger partial charge in [0, 0.05) is 25.6 Å². The van der Waals surface area contributed by atoms with Gasteiger partial charge in [-0.25, -0.2) is 9.78 Å². The van der Waals surface area contributed by atoms with E-state index in [4.69, 9.17) is 4.74 Å². The number of nitrogens with zero attached hydrogens (tertiary/aromatic N) is 3. The van der Waals surface area contributed by atoms with E-state index in [0.29, 0.717) is 32.2 Å². The Hall–Kier alpha value is -1.70. The molecular weight excluding hydrogens is 324 g/mol. The number of carbonyl (C=O) groups excluding carboxylic acids is 1. The van der Waals surface area contributed by atoms with Gasteiger partial charge in [0.05, 0.1) is 30.0 Å². The third-order valence-corrected chi connectivity index (χ3v) is 5.01. The lowest BCUT2D eigenvalue weighted by atomic mass is 10.1. The summed E-state index contributed by atoms with van der Waals surface area (Å²) in [7, 11) is 4.09. The normalized spacial score (nSPS) is 18.8. The SMILES string of the molecule is CN(C)CC1COCCN(C(=O)NCc2nc3ccccc3s2)C1. The molecule has 1 aliphatic rings. The minimum atomic E-state index is -0.0384. The van der Waals surface area contributed by atoms with E-state index < -0.39 is 0 Å². The van der Waals surface area contributed by atoms with Gasteiger partial charge in [-0.1, -0.05) is 12.1 Å². The molecular formula is C17H24N4O2S. The molecule has 0 radical (unpaired) electrons. The lowest BCUT2D eigenvalue weighted by Gasteiger charge is -2.25. The second kappa shape index (κ2) is 7.92. The van der Waals surface area contributed by atoms with Crippen LogP contribution in [-0.2, 0) is 11.3 Å². The van der Waals surface area contributed by atoms with E-state index in [0.717, 1.165) is 28.3 Å². The Bertz CT molecular complexity index is 655. The Morgan fingerprint density at radius 2 is 2.29 bits per heavy atom. The number of carbonyl (C=O) groups is 1. The number of rotatable bonds is 4. The minimum absolute atomic E-state index is 0.0384. The summed E-state index contributed by atoms with van der Waals surface area (Å²) in [6, 6.07) is 7.99. The first-order chi connectivity index (χ1) is 11.6. The van der Waals surface area contributed by atoms with Crippen molar-refractivity contribution in [3.8, 4) is 0 Å². The minimum Gasteiger partial charge on any atom is -0.379 e. The van der Waals surface area contributed by atoms with Gasteiger partial charge in [0.15, 0.2) is 0 Å². The first-order valence-electron chi connectivity index (χ1n) is 8.21. The first kappa shape index (κ1) is 17.1. The Morgan fingerprint density at radius 3 is 3.08 bits per heavy atom. The monoisotopic (exact) mass is 348 g/mol. The molecule has 1 unspecified atom stereocenters. The second-order valence-electron chi connectivity index (χ2n) is 6.38. The van der Waals surface area contributed by atoms with Gasteiger partial charge in [-0.05, 0) is 26.2 Å². The average Bonchev–Trinajstić information content (AvgIpc) is 2.83. The van der Waals surface area contributed by atoms with Crippen molar-refractivity contribution in [3.05, 3.63) is 29.3 Å². The van der Waals surface area contributed by atoms with E-state index in [-0.39, 0.29) is 6.03 Å². The maximum atomic E-state index is 12.5. The van der Waals surface area contributed by atoms with Crippen molar-refractivity contribution in [2.45, 2.75) is 6.54 Å². The van der Waals surface area contributed by atoms with Crippen molar-refractivity contribution in [2.24, 2.45) is 5.92 Å². The highest BCUT2D eigenvalue weighted by molar-refractivity contribution is 7.18. The number of thiazole rings is 1. The van der Waals surface area contributed by atoms with Crippen molar-refractivity contribution >= 4 is 27.6 Å². The van der Waals surface area contributed by atoms with Crippen molar-refractivity contribution < 1.29 is 9.53 Å². The Labute approximate surface area is 146 Å². The molecule has 130 valence electrons. The molecule has 1 fully saturated rings. The van der Waals surface area contributed by atoms with Crippen LogP contribution in [0.25, 0.3) is 10.2 Å². The van der Waals surface area contributed by atoms with Crippen LogP contribution in [0.3, 0.4) is 0 Å². The Morgan fingerprint density at radius 1 is 1.46 bits per heavy atom. The highest BCUT2D eigenvalue weighted by atomic mass is 32.1. The highest BCUT2D eigenvalue weighted by Gasteiger charge is 2.23. The van der Waals surface area contributed by atoms with Crippen LogP contribution >= 0.6 is 11.3 Å². The smallest absolute Gasteiger partial charge is 0.317 e. The van der Waals surface area contributed by atoms with Gasteiger partial charge in [0.2, 0.25) is 0 Å². The van der Waals surface area contributed by atoms with Crippen LogP contribution in [0.5, 0.6) is 0 Å². The lowest BCUT2D eigenvalue weighted by molar-refractivity contribution is 0.112. The van der Waals surface area contributed by atoms with Gasteiger partial charge in [-0.15, -0.1) is 11.3 Å². The summed E-state index contributed by atoms with van der Waals surface area (Å²) < 4.78 is 6.78. The van der Waals surface area contributed by atoms with E-state index in [1.54, 1.807) is 11.3 Å². The van der Waals surface area contributed by atoms with Crippen LogP contribution < -0.4 is 5.32 Å². The summed E-state index contributed by atoms with van der Waals surface area (Å²) in [4.78, 5) is 21.0. The number of benzene rings is 1. The molecule has 3 rings (SSSR count). The summed E-state index contributed by atoms with van der Waals surface area (Å²) >= 11 is 1.62. The summed E-state index contributed by atoms with van der Waals surface area (Å²) in [5.74, 6) is 0.343. The molecule has 7 heteroatoms. The molecule has 1 aromatic carbocycles. The van der Waals surface area contributed by atoms with Crippen LogP contribution in [0.4, 0.5) is 4.79 Å². The van der Waals surface area contributed by atoms with E-state index >= 15 is 0 Å². The van der Waals surface area contributed by atoms with Gasteiger partial charge in [-0.2, -0.15) is 0 Å². The Kier molecular flexibility index (Phi) is 5.65. The number of fused-ring (bicyclic) bond motifs is 1. The molecule has 2 heterocycles. The number of para-hydroxylation sites is 1. The van der Waals surface area contributed by atoms with Crippen molar-refractivity contribution in [1.82, 2.24) is 20.1 Å². The van der Waals surface area contributed by atoms with Crippen LogP contribution in [0.2, 0.25) is 0 Å². The average molecular weight is 348 g/mol. The third kappa shape index (κ3) is 4.43. The fraction of sp³-hybridized carbons (Fsp3) is 0.529. The van der Waals surface area contributed by atoms with Gasteiger partial charge in [-0.3, -0.25) is 0 Å². The summed E-state index contributed by atoms with van der Waals surface area (Å²) in [5.41, 5.74) is 0.987. The molecule has 1 N–H and O–H groups in total. The molecule has 0 aliphatic carbocycles. The molecule has 2 amide bonds. The standard InChI is InChI=1S/C17H24N4O2S/c1-20(2)10-13-11-21(7-8-23-12-13)17(22)18-9-16-19-14-5-3-4-6-15(14)24-16/h3-6,13H,7-12H2,1-2H3,(H,18,22). The molecule has 24 heavy (non-hydrogen) atoms. The maximum Gasteiger partial charge on any atom is 0.317 e.